The molecule has 0 N–H and O–H groups in total. The molecule has 2 aromatic carbocycles. The highest BCUT2D eigenvalue weighted by Crippen LogP contribution is 2.25. The number of nitrogens with zero attached hydrogens (tertiary/aromatic N) is 2. The van der Waals surface area contributed by atoms with Crippen LogP contribution in [0.4, 0.5) is 0 Å². The molecule has 0 spiro atoms. The molecule has 9 heteroatoms. The molecule has 0 aliphatic carbocycles. The molecule has 1 atom stereocenters. The molecule has 1 aliphatic heterocycles. The molecule has 0 saturated carbocycles. The van der Waals surface area contributed by atoms with E-state index in [1.165, 1.54) is 28.6 Å². The quantitative estimate of drug-likeness (QED) is 0.568. The summed E-state index contributed by atoms with van der Waals surface area (Å²) in [5.74, 6) is -1.20. The Morgan fingerprint density at radius 3 is 2.28 bits per heavy atom. The summed E-state index contributed by atoms with van der Waals surface area (Å²) in [5, 5.41) is 0.462. The number of sulfonamides is 1. The van der Waals surface area contributed by atoms with E-state index in [0.717, 1.165) is 5.56 Å². The second-order valence-electron chi connectivity index (χ2n) is 7.83. The molecule has 0 radical (unpaired) electrons. The van der Waals surface area contributed by atoms with Crippen LogP contribution in [0.3, 0.4) is 0 Å². The van der Waals surface area contributed by atoms with Crippen molar-refractivity contribution in [3.63, 3.8) is 0 Å². The molecule has 1 unspecified atom stereocenters. The lowest BCUT2D eigenvalue weighted by Gasteiger charge is -2.30. The van der Waals surface area contributed by atoms with E-state index in [4.69, 9.17) is 16.3 Å². The van der Waals surface area contributed by atoms with Crippen LogP contribution in [0.5, 0.6) is 0 Å². The van der Waals surface area contributed by atoms with Gasteiger partial charge in [0.2, 0.25) is 10.0 Å². The topological polar surface area (TPSA) is 84.0 Å². The van der Waals surface area contributed by atoms with Crippen LogP contribution in [0.1, 0.15) is 31.4 Å². The minimum atomic E-state index is -3.64. The van der Waals surface area contributed by atoms with Crippen molar-refractivity contribution in [3.05, 3.63) is 65.2 Å². The minimum Gasteiger partial charge on any atom is -0.455 e. The van der Waals surface area contributed by atoms with E-state index >= 15 is 0 Å². The number of ether oxygens (including phenoxy) is 1. The number of halogens is 1. The second kappa shape index (κ2) is 10.5. The zero-order valence-corrected chi connectivity index (χ0v) is 19.7. The fourth-order valence-electron chi connectivity index (χ4n) is 3.61. The fourth-order valence-corrected chi connectivity index (χ4v) is 5.21. The first-order chi connectivity index (χ1) is 15.2. The number of likely N-dealkylation sites (N-methyl/N-ethyl adjacent to an activating group) is 1. The smallest absolute Gasteiger partial charge is 0.309 e. The van der Waals surface area contributed by atoms with Crippen LogP contribution in [0, 0.1) is 5.92 Å². The number of hydrogen-bond acceptors (Lipinski definition) is 5. The Morgan fingerprint density at radius 1 is 1.09 bits per heavy atom. The average Bonchev–Trinajstić information content (AvgIpc) is 2.82. The van der Waals surface area contributed by atoms with E-state index in [0.29, 0.717) is 17.9 Å². The number of benzene rings is 2. The van der Waals surface area contributed by atoms with Crippen LogP contribution in [-0.4, -0.2) is 56.2 Å². The molecule has 2 aromatic rings. The second-order valence-corrected chi connectivity index (χ2v) is 10.2. The van der Waals surface area contributed by atoms with Crippen molar-refractivity contribution < 1.29 is 22.7 Å². The minimum absolute atomic E-state index is 0.149. The lowest BCUT2D eigenvalue weighted by molar-refractivity contribution is -0.156. The molecule has 1 saturated heterocycles. The van der Waals surface area contributed by atoms with Gasteiger partial charge in [0.1, 0.15) is 0 Å². The van der Waals surface area contributed by atoms with Gasteiger partial charge in [0, 0.05) is 25.2 Å². The summed E-state index contributed by atoms with van der Waals surface area (Å²) in [7, 11) is -1.96. The Balaban J connectivity index is 1.49. The normalized spacial score (nSPS) is 16.3. The van der Waals surface area contributed by atoms with E-state index in [1.54, 1.807) is 11.9 Å². The summed E-state index contributed by atoms with van der Waals surface area (Å²) < 4.78 is 32.1. The summed E-state index contributed by atoms with van der Waals surface area (Å²) in [6, 6.07) is 15.4. The Kier molecular flexibility index (Phi) is 7.92. The van der Waals surface area contributed by atoms with Gasteiger partial charge in [-0.1, -0.05) is 41.9 Å². The van der Waals surface area contributed by atoms with Crippen molar-refractivity contribution in [2.24, 2.45) is 5.92 Å². The Morgan fingerprint density at radius 2 is 1.69 bits per heavy atom. The van der Waals surface area contributed by atoms with Crippen molar-refractivity contribution in [1.29, 1.82) is 0 Å². The zero-order valence-electron chi connectivity index (χ0n) is 18.1. The third kappa shape index (κ3) is 5.68. The summed E-state index contributed by atoms with van der Waals surface area (Å²) in [4.78, 5) is 26.6. The van der Waals surface area contributed by atoms with Crippen LogP contribution in [-0.2, 0) is 24.3 Å². The van der Waals surface area contributed by atoms with Crippen LogP contribution in [0.25, 0.3) is 0 Å². The van der Waals surface area contributed by atoms with Gasteiger partial charge in [0.05, 0.1) is 16.9 Å². The van der Waals surface area contributed by atoms with Crippen molar-refractivity contribution in [2.45, 2.75) is 30.7 Å². The first-order valence-corrected chi connectivity index (χ1v) is 12.2. The molecule has 1 aliphatic rings. The molecular weight excluding hydrogens is 452 g/mol. The summed E-state index contributed by atoms with van der Waals surface area (Å²) in [6.45, 7) is 1.99. The first-order valence-electron chi connectivity index (χ1n) is 10.4. The lowest BCUT2D eigenvalue weighted by Crippen LogP contribution is -2.41. The van der Waals surface area contributed by atoms with Gasteiger partial charge in [-0.3, -0.25) is 9.59 Å². The number of amides is 1. The van der Waals surface area contributed by atoms with Gasteiger partial charge in [0.25, 0.3) is 5.91 Å². The molecule has 0 aromatic heterocycles. The molecule has 1 fully saturated rings. The van der Waals surface area contributed by atoms with Crippen molar-refractivity contribution >= 4 is 33.5 Å². The maximum absolute atomic E-state index is 12.8. The van der Waals surface area contributed by atoms with E-state index in [2.05, 4.69) is 0 Å². The highest BCUT2D eigenvalue weighted by atomic mass is 35.5. The molecule has 0 bridgehead atoms. The third-order valence-corrected chi connectivity index (χ3v) is 8.00. The van der Waals surface area contributed by atoms with Gasteiger partial charge in [-0.15, -0.1) is 0 Å². The van der Waals surface area contributed by atoms with Crippen LogP contribution in [0.2, 0.25) is 5.02 Å². The number of carbonyl (C=O) groups excluding carboxylic acids is 2. The average molecular weight is 479 g/mol. The van der Waals surface area contributed by atoms with Gasteiger partial charge in [-0.2, -0.15) is 4.31 Å². The number of esters is 1. The molecular formula is C23H27ClN2O5S. The number of carbonyl (C=O) groups is 2. The van der Waals surface area contributed by atoms with Crippen molar-refractivity contribution in [1.82, 2.24) is 9.21 Å². The Bertz CT molecular complexity index is 1040. The van der Waals surface area contributed by atoms with Gasteiger partial charge >= 0.3 is 5.97 Å². The molecule has 7 nitrogen and oxygen atoms in total. The van der Waals surface area contributed by atoms with Gasteiger partial charge in [-0.05, 0) is 49.6 Å². The zero-order chi connectivity index (χ0) is 23.3. The molecule has 3 rings (SSSR count). The first kappa shape index (κ1) is 24.2. The maximum Gasteiger partial charge on any atom is 0.309 e. The standard InChI is InChI=1S/C23H27ClN2O5S/c1-17(18-6-4-3-5-7-18)25(2)22(27)16-31-23(28)19-12-14-26(15-13-19)32(29,30)21-10-8-20(24)9-11-21/h3-11,17,19H,12-16H2,1-2H3. The Hall–Kier alpha value is -2.42. The summed E-state index contributed by atoms with van der Waals surface area (Å²) in [5.41, 5.74) is 0.990. The van der Waals surface area contributed by atoms with E-state index in [1.807, 2.05) is 37.3 Å². The van der Waals surface area contributed by atoms with E-state index in [-0.39, 0.29) is 36.5 Å². The van der Waals surface area contributed by atoms with E-state index in [9.17, 15) is 18.0 Å². The monoisotopic (exact) mass is 478 g/mol. The third-order valence-electron chi connectivity index (χ3n) is 5.83. The molecule has 172 valence electrons. The highest BCUT2D eigenvalue weighted by Gasteiger charge is 2.33. The predicted octanol–water partition coefficient (Wildman–Crippen LogP) is 3.50. The molecule has 32 heavy (non-hydrogen) atoms. The lowest BCUT2D eigenvalue weighted by atomic mass is 9.98. The Labute approximate surface area is 194 Å². The fraction of sp³-hybridized carbons (Fsp3) is 0.391. The highest BCUT2D eigenvalue weighted by molar-refractivity contribution is 7.89. The molecule has 1 heterocycles. The van der Waals surface area contributed by atoms with E-state index < -0.39 is 21.9 Å². The van der Waals surface area contributed by atoms with Gasteiger partial charge in [-0.25, -0.2) is 8.42 Å². The largest absolute Gasteiger partial charge is 0.455 e. The molecule has 1 amide bonds. The van der Waals surface area contributed by atoms with Crippen LogP contribution < -0.4 is 0 Å². The van der Waals surface area contributed by atoms with Gasteiger partial charge < -0.3 is 9.64 Å². The number of hydrogen-bond donors (Lipinski definition) is 0. The maximum atomic E-state index is 12.8. The summed E-state index contributed by atoms with van der Waals surface area (Å²) in [6.07, 6.45) is 0.687. The van der Waals surface area contributed by atoms with Crippen LogP contribution >= 0.6 is 11.6 Å². The predicted molar refractivity (Wildman–Crippen MR) is 122 cm³/mol. The number of piperidine rings is 1. The SMILES string of the molecule is CC(c1ccccc1)N(C)C(=O)COC(=O)C1CCN(S(=O)(=O)c2ccc(Cl)cc2)CC1. The van der Waals surface area contributed by atoms with Crippen LogP contribution in [0.15, 0.2) is 59.5 Å². The van der Waals surface area contributed by atoms with Crippen molar-refractivity contribution in [3.8, 4) is 0 Å². The van der Waals surface area contributed by atoms with Gasteiger partial charge in [0.15, 0.2) is 6.61 Å². The van der Waals surface area contributed by atoms with Crippen molar-refractivity contribution in [2.75, 3.05) is 26.7 Å². The number of rotatable bonds is 7. The summed E-state index contributed by atoms with van der Waals surface area (Å²) >= 11 is 5.83.